The predicted octanol–water partition coefficient (Wildman–Crippen LogP) is -1.67. The highest BCUT2D eigenvalue weighted by molar-refractivity contribution is 6.35. The molecular weight excluding hydrogens is 226 g/mol. The van der Waals surface area contributed by atoms with Gasteiger partial charge in [0.05, 0.1) is 0 Å². The fourth-order valence-corrected chi connectivity index (χ4v) is 0.970. The van der Waals surface area contributed by atoms with Gasteiger partial charge >= 0.3 is 0 Å². The largest absolute Gasteiger partial charge is 0.356 e. The molecule has 0 aromatic rings. The summed E-state index contributed by atoms with van der Waals surface area (Å²) in [6.07, 6.45) is -0.242. The normalized spacial score (nSPS) is 9.29. The Morgan fingerprint density at radius 3 is 1.94 bits per heavy atom. The lowest BCUT2D eigenvalue weighted by molar-refractivity contribution is -0.136. The fourth-order valence-electron chi connectivity index (χ4n) is 0.970. The molecule has 3 N–H and O–H groups in total. The molecule has 0 heterocycles. The Labute approximate surface area is 99.3 Å². The summed E-state index contributed by atoms with van der Waals surface area (Å²) in [4.78, 5) is 43.5. The van der Waals surface area contributed by atoms with Gasteiger partial charge in [-0.3, -0.25) is 19.2 Å². The molecule has 0 aliphatic rings. The Morgan fingerprint density at radius 1 is 0.882 bits per heavy atom. The summed E-state index contributed by atoms with van der Waals surface area (Å²) < 4.78 is 0. The monoisotopic (exact) mass is 243 g/mol. The van der Waals surface area contributed by atoms with Crippen LogP contribution in [0.4, 0.5) is 0 Å². The minimum atomic E-state index is -0.692. The molecule has 3 amide bonds. The summed E-state index contributed by atoms with van der Waals surface area (Å²) in [7, 11) is 0. The average Bonchev–Trinajstić information content (AvgIpc) is 2.24. The maximum Gasteiger partial charge on any atom is 0.287 e. The zero-order chi connectivity index (χ0) is 13.3. The predicted molar refractivity (Wildman–Crippen MR) is 60.0 cm³/mol. The van der Waals surface area contributed by atoms with E-state index in [2.05, 4.69) is 16.0 Å². The van der Waals surface area contributed by atoms with E-state index in [1.165, 1.54) is 0 Å². The van der Waals surface area contributed by atoms with E-state index in [1.54, 1.807) is 6.92 Å². The number of hydrogen-bond donors (Lipinski definition) is 3. The van der Waals surface area contributed by atoms with Gasteiger partial charge in [0.15, 0.2) is 0 Å². The lowest BCUT2D eigenvalue weighted by atomic mass is 10.3. The molecule has 7 heteroatoms. The molecule has 0 saturated heterocycles. The number of amides is 3. The van der Waals surface area contributed by atoms with E-state index in [0.29, 0.717) is 6.54 Å². The van der Waals surface area contributed by atoms with E-state index in [9.17, 15) is 19.2 Å². The number of carbonyl (C=O) groups excluding carboxylic acids is 4. The highest BCUT2D eigenvalue weighted by Crippen LogP contribution is 1.79. The van der Waals surface area contributed by atoms with Crippen LogP contribution < -0.4 is 16.0 Å². The van der Waals surface area contributed by atoms with Gasteiger partial charge in [-0.2, -0.15) is 0 Å². The van der Waals surface area contributed by atoms with Crippen molar-refractivity contribution in [1.29, 1.82) is 0 Å². The van der Waals surface area contributed by atoms with Gasteiger partial charge in [0.25, 0.3) is 5.91 Å². The van der Waals surface area contributed by atoms with Gasteiger partial charge in [-0.05, 0) is 6.92 Å². The van der Waals surface area contributed by atoms with Crippen molar-refractivity contribution in [3.05, 3.63) is 0 Å². The highest BCUT2D eigenvalue weighted by atomic mass is 16.2. The van der Waals surface area contributed by atoms with E-state index in [0.717, 1.165) is 6.92 Å². The molecule has 0 aromatic heterocycles. The van der Waals surface area contributed by atoms with Gasteiger partial charge in [0.1, 0.15) is 6.42 Å². The maximum absolute atomic E-state index is 11.2. The van der Waals surface area contributed by atoms with Crippen LogP contribution >= 0.6 is 0 Å². The molecule has 0 saturated carbocycles. The fraction of sp³-hybridized carbons (Fsp3) is 0.600. The summed E-state index contributed by atoms with van der Waals surface area (Å²) in [5.74, 6) is -2.05. The minimum Gasteiger partial charge on any atom is -0.356 e. The molecule has 17 heavy (non-hydrogen) atoms. The molecule has 96 valence electrons. The van der Waals surface area contributed by atoms with E-state index >= 15 is 0 Å². The molecule has 0 bridgehead atoms. The third-order valence-corrected chi connectivity index (χ3v) is 1.75. The van der Waals surface area contributed by atoms with Gasteiger partial charge < -0.3 is 16.0 Å². The first-order chi connectivity index (χ1) is 7.97. The van der Waals surface area contributed by atoms with E-state index in [-0.39, 0.29) is 25.4 Å². The van der Waals surface area contributed by atoms with Crippen molar-refractivity contribution in [2.24, 2.45) is 0 Å². The zero-order valence-corrected chi connectivity index (χ0v) is 9.96. The number of ketones is 1. The molecule has 7 nitrogen and oxygen atoms in total. The molecule has 0 spiro atoms. The molecular formula is C10H17N3O4. The summed E-state index contributed by atoms with van der Waals surface area (Å²) in [6, 6.07) is 0. The van der Waals surface area contributed by atoms with Crippen LogP contribution in [0.1, 0.15) is 20.3 Å². The van der Waals surface area contributed by atoms with Crippen molar-refractivity contribution in [2.75, 3.05) is 19.6 Å². The standard InChI is InChI=1S/C10H17N3O4/c1-3-11-8(15)6-9(16)12-4-5-13-10(17)7(2)14/h3-6H2,1-2H3,(H,11,15)(H,12,16)(H,13,17). The lowest BCUT2D eigenvalue weighted by Gasteiger charge is -2.05. The molecule has 0 rings (SSSR count). The van der Waals surface area contributed by atoms with Crippen LogP contribution in [0.25, 0.3) is 0 Å². The number of hydrogen-bond acceptors (Lipinski definition) is 4. The summed E-state index contributed by atoms with van der Waals surface area (Å²) >= 11 is 0. The van der Waals surface area contributed by atoms with Crippen molar-refractivity contribution in [1.82, 2.24) is 16.0 Å². The highest BCUT2D eigenvalue weighted by Gasteiger charge is 2.08. The quantitative estimate of drug-likeness (QED) is 0.282. The van der Waals surface area contributed by atoms with Crippen molar-refractivity contribution in [2.45, 2.75) is 20.3 Å². The summed E-state index contributed by atoms with van der Waals surface area (Å²) in [6.45, 7) is 3.72. The van der Waals surface area contributed by atoms with Gasteiger partial charge in [-0.15, -0.1) is 0 Å². The third kappa shape index (κ3) is 7.95. The molecule has 0 fully saturated rings. The minimum absolute atomic E-state index is 0.152. The summed E-state index contributed by atoms with van der Waals surface area (Å²) in [5.41, 5.74) is 0. The first-order valence-electron chi connectivity index (χ1n) is 5.29. The van der Waals surface area contributed by atoms with E-state index < -0.39 is 17.6 Å². The van der Waals surface area contributed by atoms with Gasteiger partial charge in [-0.25, -0.2) is 0 Å². The van der Waals surface area contributed by atoms with E-state index in [4.69, 9.17) is 0 Å². The first-order valence-corrected chi connectivity index (χ1v) is 5.29. The van der Waals surface area contributed by atoms with E-state index in [1.807, 2.05) is 0 Å². The van der Waals surface area contributed by atoms with Crippen LogP contribution in [-0.2, 0) is 19.2 Å². The van der Waals surface area contributed by atoms with Crippen molar-refractivity contribution >= 4 is 23.5 Å². The smallest absolute Gasteiger partial charge is 0.287 e. The number of rotatable bonds is 7. The second-order valence-corrected chi connectivity index (χ2v) is 3.29. The number of nitrogens with one attached hydrogen (secondary N) is 3. The molecule has 0 atom stereocenters. The van der Waals surface area contributed by atoms with Crippen LogP contribution in [-0.4, -0.2) is 43.1 Å². The maximum atomic E-state index is 11.2. The SMILES string of the molecule is CCNC(=O)CC(=O)NCCNC(=O)C(C)=O. The average molecular weight is 243 g/mol. The molecule has 0 aliphatic heterocycles. The van der Waals surface area contributed by atoms with Crippen molar-refractivity contribution < 1.29 is 19.2 Å². The molecule has 0 aromatic carbocycles. The van der Waals surface area contributed by atoms with Crippen LogP contribution in [0.15, 0.2) is 0 Å². The first kappa shape index (κ1) is 15.1. The van der Waals surface area contributed by atoms with Crippen molar-refractivity contribution in [3.63, 3.8) is 0 Å². The van der Waals surface area contributed by atoms with Gasteiger partial charge in [0, 0.05) is 26.6 Å². The molecule has 0 radical (unpaired) electrons. The van der Waals surface area contributed by atoms with Gasteiger partial charge in [-0.1, -0.05) is 0 Å². The third-order valence-electron chi connectivity index (χ3n) is 1.75. The Kier molecular flexibility index (Phi) is 7.32. The Balaban J connectivity index is 3.62. The van der Waals surface area contributed by atoms with Gasteiger partial charge in [0.2, 0.25) is 17.6 Å². The summed E-state index contributed by atoms with van der Waals surface area (Å²) in [5, 5.41) is 7.24. The Hall–Kier alpha value is -1.92. The zero-order valence-electron chi connectivity index (χ0n) is 9.96. The van der Waals surface area contributed by atoms with Crippen LogP contribution in [0, 0.1) is 0 Å². The van der Waals surface area contributed by atoms with Crippen molar-refractivity contribution in [3.8, 4) is 0 Å². The molecule has 0 unspecified atom stereocenters. The molecule has 0 aliphatic carbocycles. The second-order valence-electron chi connectivity index (χ2n) is 3.29. The topological polar surface area (TPSA) is 104 Å². The Morgan fingerprint density at radius 2 is 1.41 bits per heavy atom. The number of carbonyl (C=O) groups is 4. The lowest BCUT2D eigenvalue weighted by Crippen LogP contribution is -2.38. The van der Waals surface area contributed by atoms with Crippen LogP contribution in [0.3, 0.4) is 0 Å². The number of Topliss-reactive ketones (excluding diaryl/α,β-unsaturated/α-hetero) is 1. The van der Waals surface area contributed by atoms with Crippen LogP contribution in [0.5, 0.6) is 0 Å². The Bertz CT molecular complexity index is 315. The van der Waals surface area contributed by atoms with Crippen LogP contribution in [0.2, 0.25) is 0 Å². The second kappa shape index (κ2) is 8.26.